The summed E-state index contributed by atoms with van der Waals surface area (Å²) in [6.45, 7) is 3.07. The van der Waals surface area contributed by atoms with E-state index in [1.54, 1.807) is 0 Å². The van der Waals surface area contributed by atoms with E-state index in [0.717, 1.165) is 0 Å². The Kier molecular flexibility index (Phi) is 6.79. The SMILES string of the molecule is CCOC(=O)/C(O)=C(\C=N\C(N)=O)C(=O)OCC. The van der Waals surface area contributed by atoms with Crippen molar-refractivity contribution < 1.29 is 29.0 Å². The van der Waals surface area contributed by atoms with Gasteiger partial charge in [-0.2, -0.15) is 0 Å². The summed E-state index contributed by atoms with van der Waals surface area (Å²) in [5, 5.41) is 9.48. The van der Waals surface area contributed by atoms with Crippen molar-refractivity contribution in [2.24, 2.45) is 10.7 Å². The highest BCUT2D eigenvalue weighted by molar-refractivity contribution is 6.15. The normalized spacial score (nSPS) is 11.9. The fraction of sp³-hybridized carbons (Fsp3) is 0.400. The second kappa shape index (κ2) is 7.82. The van der Waals surface area contributed by atoms with E-state index < -0.39 is 29.3 Å². The monoisotopic (exact) mass is 258 g/mol. The molecule has 0 fully saturated rings. The van der Waals surface area contributed by atoms with Gasteiger partial charge in [-0.1, -0.05) is 0 Å². The zero-order valence-corrected chi connectivity index (χ0v) is 10.0. The summed E-state index contributed by atoms with van der Waals surface area (Å²) >= 11 is 0. The van der Waals surface area contributed by atoms with Crippen molar-refractivity contribution in [3.8, 4) is 0 Å². The molecule has 0 aliphatic heterocycles. The van der Waals surface area contributed by atoms with Gasteiger partial charge in [0.15, 0.2) is 0 Å². The molecule has 8 nitrogen and oxygen atoms in total. The van der Waals surface area contributed by atoms with E-state index in [-0.39, 0.29) is 13.2 Å². The van der Waals surface area contributed by atoms with Crippen LogP contribution in [-0.4, -0.2) is 42.5 Å². The third-order valence-corrected chi connectivity index (χ3v) is 1.54. The molecular formula is C10H14N2O6. The van der Waals surface area contributed by atoms with Gasteiger partial charge in [-0.05, 0) is 13.8 Å². The van der Waals surface area contributed by atoms with Crippen molar-refractivity contribution in [2.45, 2.75) is 13.8 Å². The van der Waals surface area contributed by atoms with Crippen LogP contribution in [-0.2, 0) is 19.1 Å². The molecule has 0 rings (SSSR count). The molecule has 18 heavy (non-hydrogen) atoms. The summed E-state index contributed by atoms with van der Waals surface area (Å²) in [6.07, 6.45) is 0.645. The minimum Gasteiger partial charge on any atom is -0.501 e. The quantitative estimate of drug-likeness (QED) is 0.311. The first kappa shape index (κ1) is 15.6. The number of ether oxygens (including phenoxy) is 2. The van der Waals surface area contributed by atoms with Crippen LogP contribution in [0.1, 0.15) is 13.8 Å². The van der Waals surface area contributed by atoms with Crippen LogP contribution in [0.2, 0.25) is 0 Å². The number of nitrogens with two attached hydrogens (primary N) is 1. The van der Waals surface area contributed by atoms with Gasteiger partial charge in [-0.15, -0.1) is 0 Å². The minimum atomic E-state index is -1.13. The number of nitrogens with zero attached hydrogens (tertiary/aromatic N) is 1. The van der Waals surface area contributed by atoms with Crippen molar-refractivity contribution in [2.75, 3.05) is 13.2 Å². The molecule has 0 bridgehead atoms. The van der Waals surface area contributed by atoms with Crippen LogP contribution in [0.4, 0.5) is 4.79 Å². The van der Waals surface area contributed by atoms with Crippen LogP contribution >= 0.6 is 0 Å². The second-order valence-corrected chi connectivity index (χ2v) is 2.80. The Hall–Kier alpha value is -2.38. The van der Waals surface area contributed by atoms with Gasteiger partial charge in [0.25, 0.3) is 0 Å². The molecule has 0 saturated heterocycles. The Morgan fingerprint density at radius 3 is 2.11 bits per heavy atom. The van der Waals surface area contributed by atoms with Crippen LogP contribution < -0.4 is 5.73 Å². The van der Waals surface area contributed by atoms with Crippen molar-refractivity contribution in [1.29, 1.82) is 0 Å². The maximum Gasteiger partial charge on any atom is 0.374 e. The van der Waals surface area contributed by atoms with Crippen LogP contribution in [0.25, 0.3) is 0 Å². The Bertz CT molecular complexity index is 399. The molecule has 0 aromatic rings. The zero-order chi connectivity index (χ0) is 14.1. The molecule has 100 valence electrons. The number of aliphatic imine (C=N–C) groups is 1. The maximum absolute atomic E-state index is 11.4. The third-order valence-electron chi connectivity index (χ3n) is 1.54. The molecule has 0 aromatic carbocycles. The van der Waals surface area contributed by atoms with Gasteiger partial charge in [0.05, 0.1) is 19.4 Å². The van der Waals surface area contributed by atoms with E-state index in [2.05, 4.69) is 14.5 Å². The third kappa shape index (κ3) is 5.10. The number of amides is 2. The predicted molar refractivity (Wildman–Crippen MR) is 61.0 cm³/mol. The van der Waals surface area contributed by atoms with Crippen molar-refractivity contribution in [3.05, 3.63) is 11.3 Å². The molecule has 0 radical (unpaired) electrons. The Morgan fingerprint density at radius 2 is 1.67 bits per heavy atom. The number of aliphatic hydroxyl groups excluding tert-OH is 1. The largest absolute Gasteiger partial charge is 0.501 e. The lowest BCUT2D eigenvalue weighted by Crippen LogP contribution is -2.18. The molecule has 0 heterocycles. The topological polar surface area (TPSA) is 128 Å². The van der Waals surface area contributed by atoms with Crippen LogP contribution in [0.15, 0.2) is 16.3 Å². The summed E-state index contributed by atoms with van der Waals surface area (Å²) in [5.41, 5.74) is 4.14. The van der Waals surface area contributed by atoms with Crippen molar-refractivity contribution in [3.63, 3.8) is 0 Å². The number of carbonyl (C=O) groups is 3. The van der Waals surface area contributed by atoms with Gasteiger partial charge in [0, 0.05) is 0 Å². The highest BCUT2D eigenvalue weighted by atomic mass is 16.5. The summed E-state index contributed by atoms with van der Waals surface area (Å²) in [5.74, 6) is -3.15. The van der Waals surface area contributed by atoms with E-state index in [4.69, 9.17) is 5.73 Å². The molecule has 0 spiro atoms. The molecule has 0 aliphatic rings. The van der Waals surface area contributed by atoms with Gasteiger partial charge in [-0.25, -0.2) is 19.4 Å². The molecule has 3 N–H and O–H groups in total. The molecule has 8 heteroatoms. The van der Waals surface area contributed by atoms with Gasteiger partial charge in [-0.3, -0.25) is 0 Å². The lowest BCUT2D eigenvalue weighted by Gasteiger charge is -2.05. The minimum absolute atomic E-state index is 0.00591. The van der Waals surface area contributed by atoms with Crippen LogP contribution in [0.3, 0.4) is 0 Å². The zero-order valence-electron chi connectivity index (χ0n) is 10.0. The summed E-state index contributed by atoms with van der Waals surface area (Å²) in [6, 6.07) is -1.09. The van der Waals surface area contributed by atoms with Crippen LogP contribution in [0, 0.1) is 0 Å². The summed E-state index contributed by atoms with van der Waals surface area (Å²) in [4.78, 5) is 36.2. The van der Waals surface area contributed by atoms with E-state index in [0.29, 0.717) is 6.21 Å². The maximum atomic E-state index is 11.4. The fourth-order valence-corrected chi connectivity index (χ4v) is 0.857. The van der Waals surface area contributed by atoms with Crippen LogP contribution in [0.5, 0.6) is 0 Å². The van der Waals surface area contributed by atoms with Gasteiger partial charge >= 0.3 is 18.0 Å². The average Bonchev–Trinajstić information content (AvgIpc) is 2.29. The van der Waals surface area contributed by atoms with Gasteiger partial charge in [0.1, 0.15) is 5.57 Å². The van der Waals surface area contributed by atoms with Gasteiger partial charge in [0.2, 0.25) is 5.76 Å². The summed E-state index contributed by atoms with van der Waals surface area (Å²) < 4.78 is 9.07. The standard InChI is InChI=1S/C10H14N2O6/c1-3-17-8(14)6(5-12-10(11)16)7(13)9(15)18-4-2/h5,13H,3-4H2,1-2H3,(H2,11,16)/b7-6-,12-5+. The molecular weight excluding hydrogens is 244 g/mol. The van der Waals surface area contributed by atoms with E-state index in [9.17, 15) is 19.5 Å². The highest BCUT2D eigenvalue weighted by Gasteiger charge is 2.21. The molecule has 0 atom stereocenters. The Labute approximate surface area is 103 Å². The lowest BCUT2D eigenvalue weighted by molar-refractivity contribution is -0.143. The first-order valence-electron chi connectivity index (χ1n) is 5.04. The molecule has 0 aliphatic carbocycles. The Balaban J connectivity index is 5.29. The van der Waals surface area contributed by atoms with E-state index in [1.807, 2.05) is 0 Å². The number of urea groups is 1. The highest BCUT2D eigenvalue weighted by Crippen LogP contribution is 2.05. The summed E-state index contributed by atoms with van der Waals surface area (Å²) in [7, 11) is 0. The number of hydrogen-bond acceptors (Lipinski definition) is 6. The first-order chi connectivity index (χ1) is 8.43. The fourth-order valence-electron chi connectivity index (χ4n) is 0.857. The predicted octanol–water partition coefficient (Wildman–Crippen LogP) is 0.0742. The molecule has 0 aromatic heterocycles. The number of hydrogen-bond donors (Lipinski definition) is 2. The second-order valence-electron chi connectivity index (χ2n) is 2.80. The smallest absolute Gasteiger partial charge is 0.374 e. The number of carbonyl (C=O) groups excluding carboxylic acids is 3. The molecule has 2 amide bonds. The number of esters is 2. The first-order valence-corrected chi connectivity index (χ1v) is 5.04. The molecule has 0 saturated carbocycles. The van der Waals surface area contributed by atoms with Crippen molar-refractivity contribution in [1.82, 2.24) is 0 Å². The average molecular weight is 258 g/mol. The van der Waals surface area contributed by atoms with E-state index >= 15 is 0 Å². The van der Waals surface area contributed by atoms with Gasteiger partial charge < -0.3 is 20.3 Å². The lowest BCUT2D eigenvalue weighted by atomic mass is 10.2. The molecule has 0 unspecified atom stereocenters. The number of primary amides is 1. The number of aliphatic hydroxyl groups is 1. The van der Waals surface area contributed by atoms with E-state index in [1.165, 1.54) is 13.8 Å². The van der Waals surface area contributed by atoms with Crippen molar-refractivity contribution >= 4 is 24.2 Å². The number of rotatable bonds is 5. The Morgan fingerprint density at radius 1 is 1.17 bits per heavy atom.